The van der Waals surface area contributed by atoms with Gasteiger partial charge in [-0.05, 0) is 83.1 Å². The average molecular weight is 623 g/mol. The summed E-state index contributed by atoms with van der Waals surface area (Å²) in [4.78, 5) is 12.8. The summed E-state index contributed by atoms with van der Waals surface area (Å²) in [6.07, 6.45) is 1.50. The molecule has 0 aromatic heterocycles. The molecule has 3 aromatic carbocycles. The van der Waals surface area contributed by atoms with E-state index in [9.17, 15) is 10.1 Å². The quantitative estimate of drug-likeness (QED) is 0.156. The Morgan fingerprint density at radius 3 is 2.54 bits per heavy atom. The number of para-hydroxylation sites is 2. The predicted molar refractivity (Wildman–Crippen MR) is 146 cm³/mol. The number of nitrogens with zero attached hydrogens (tertiary/aromatic N) is 1. The molecular formula is C26H21Cl2IN2O4. The highest BCUT2D eigenvalue weighted by Gasteiger charge is 2.16. The van der Waals surface area contributed by atoms with Gasteiger partial charge >= 0.3 is 0 Å². The molecule has 0 saturated heterocycles. The van der Waals surface area contributed by atoms with Crippen molar-refractivity contribution in [2.24, 2.45) is 0 Å². The first kappa shape index (κ1) is 26.7. The molecule has 0 aliphatic rings. The van der Waals surface area contributed by atoms with Crippen molar-refractivity contribution in [3.63, 3.8) is 0 Å². The van der Waals surface area contributed by atoms with E-state index in [1.54, 1.807) is 48.5 Å². The van der Waals surface area contributed by atoms with E-state index in [4.69, 9.17) is 37.4 Å². The van der Waals surface area contributed by atoms with Gasteiger partial charge in [-0.2, -0.15) is 5.26 Å². The SMILES string of the molecule is CCOc1cc(/C=C(/C#N)C(=O)Nc2ccccc2OC)cc(I)c1OCc1ccc(Cl)c(Cl)c1. The first-order valence-corrected chi connectivity index (χ1v) is 12.3. The Morgan fingerprint density at radius 1 is 1.09 bits per heavy atom. The number of hydrogen-bond donors (Lipinski definition) is 1. The lowest BCUT2D eigenvalue weighted by Gasteiger charge is -2.15. The zero-order chi connectivity index (χ0) is 25.4. The minimum atomic E-state index is -0.551. The van der Waals surface area contributed by atoms with E-state index >= 15 is 0 Å². The molecule has 6 nitrogen and oxygen atoms in total. The number of nitrogens with one attached hydrogen (secondary N) is 1. The second kappa shape index (κ2) is 12.7. The number of rotatable bonds is 9. The van der Waals surface area contributed by atoms with Gasteiger partial charge in [0.2, 0.25) is 0 Å². The average Bonchev–Trinajstić information content (AvgIpc) is 2.84. The third kappa shape index (κ3) is 7.04. The molecule has 1 N–H and O–H groups in total. The number of halogens is 3. The van der Waals surface area contributed by atoms with Crippen LogP contribution >= 0.6 is 45.8 Å². The van der Waals surface area contributed by atoms with Gasteiger partial charge in [-0.15, -0.1) is 0 Å². The van der Waals surface area contributed by atoms with Crippen molar-refractivity contribution in [1.82, 2.24) is 0 Å². The molecule has 0 unspecified atom stereocenters. The summed E-state index contributed by atoms with van der Waals surface area (Å²) in [5.41, 5.74) is 1.86. The number of benzene rings is 3. The van der Waals surface area contributed by atoms with Crippen LogP contribution in [0.1, 0.15) is 18.1 Å². The van der Waals surface area contributed by atoms with Crippen LogP contribution in [-0.4, -0.2) is 19.6 Å². The van der Waals surface area contributed by atoms with Gasteiger partial charge < -0.3 is 19.5 Å². The maximum atomic E-state index is 12.8. The van der Waals surface area contributed by atoms with Gasteiger partial charge in [0.1, 0.15) is 24.0 Å². The minimum absolute atomic E-state index is 0.0707. The Hall–Kier alpha value is -2.93. The van der Waals surface area contributed by atoms with Gasteiger partial charge in [0.15, 0.2) is 11.5 Å². The lowest BCUT2D eigenvalue weighted by atomic mass is 10.1. The smallest absolute Gasteiger partial charge is 0.266 e. The molecule has 0 atom stereocenters. The number of nitriles is 1. The normalized spacial score (nSPS) is 10.9. The Kier molecular flexibility index (Phi) is 9.66. The molecule has 3 aromatic rings. The molecule has 9 heteroatoms. The number of carbonyl (C=O) groups is 1. The maximum absolute atomic E-state index is 12.8. The summed E-state index contributed by atoms with van der Waals surface area (Å²) in [5, 5.41) is 13.3. The third-order valence-corrected chi connectivity index (χ3v) is 6.27. The standard InChI is InChI=1S/C26H21Cl2IN2O4/c1-3-34-24-13-17(10-18(14-30)26(32)31-22-6-4-5-7-23(22)33-2)12-21(29)25(24)35-15-16-8-9-19(27)20(28)11-16/h4-13H,3,15H2,1-2H3,(H,31,32)/b18-10-. The summed E-state index contributed by atoms with van der Waals surface area (Å²) >= 11 is 14.2. The zero-order valence-corrected chi connectivity index (χ0v) is 22.6. The zero-order valence-electron chi connectivity index (χ0n) is 18.9. The van der Waals surface area contributed by atoms with Gasteiger partial charge in [0, 0.05) is 0 Å². The van der Waals surface area contributed by atoms with Crippen LogP contribution in [0.5, 0.6) is 17.2 Å². The maximum Gasteiger partial charge on any atom is 0.266 e. The highest BCUT2D eigenvalue weighted by atomic mass is 127. The van der Waals surface area contributed by atoms with Crippen LogP contribution in [0, 0.1) is 14.9 Å². The molecule has 0 fully saturated rings. The fourth-order valence-electron chi connectivity index (χ4n) is 3.11. The van der Waals surface area contributed by atoms with Crippen LogP contribution in [-0.2, 0) is 11.4 Å². The van der Waals surface area contributed by atoms with Crippen molar-refractivity contribution < 1.29 is 19.0 Å². The van der Waals surface area contributed by atoms with E-state index in [1.165, 1.54) is 13.2 Å². The van der Waals surface area contributed by atoms with Crippen LogP contribution < -0.4 is 19.5 Å². The summed E-state index contributed by atoms with van der Waals surface area (Å²) in [7, 11) is 1.51. The monoisotopic (exact) mass is 622 g/mol. The summed E-state index contributed by atoms with van der Waals surface area (Å²) in [6, 6.07) is 17.8. The van der Waals surface area contributed by atoms with Crippen LogP contribution in [0.25, 0.3) is 6.08 Å². The molecule has 3 rings (SSSR count). The number of amides is 1. The molecule has 0 aliphatic carbocycles. The van der Waals surface area contributed by atoms with Gasteiger partial charge in [0.05, 0.1) is 33.0 Å². The van der Waals surface area contributed by atoms with Crippen LogP contribution in [0.3, 0.4) is 0 Å². The van der Waals surface area contributed by atoms with E-state index in [0.717, 1.165) is 9.13 Å². The highest BCUT2D eigenvalue weighted by Crippen LogP contribution is 2.36. The van der Waals surface area contributed by atoms with Crippen molar-refractivity contribution in [2.45, 2.75) is 13.5 Å². The Bertz CT molecular complexity index is 1300. The second-order valence-electron chi connectivity index (χ2n) is 7.12. The molecule has 35 heavy (non-hydrogen) atoms. The fraction of sp³-hybridized carbons (Fsp3) is 0.154. The fourth-order valence-corrected chi connectivity index (χ4v) is 4.21. The molecule has 0 bridgehead atoms. The van der Waals surface area contributed by atoms with Crippen LogP contribution in [0.4, 0.5) is 5.69 Å². The largest absolute Gasteiger partial charge is 0.495 e. The molecule has 0 spiro atoms. The van der Waals surface area contributed by atoms with E-state index in [-0.39, 0.29) is 12.2 Å². The second-order valence-corrected chi connectivity index (χ2v) is 9.10. The Balaban J connectivity index is 1.86. The van der Waals surface area contributed by atoms with E-state index in [1.807, 2.05) is 19.1 Å². The number of ether oxygens (including phenoxy) is 3. The van der Waals surface area contributed by atoms with Gasteiger partial charge in [-0.1, -0.05) is 41.4 Å². The topological polar surface area (TPSA) is 80.6 Å². The molecule has 0 saturated carbocycles. The molecule has 0 aliphatic heterocycles. The first-order valence-electron chi connectivity index (χ1n) is 10.5. The van der Waals surface area contributed by atoms with E-state index in [2.05, 4.69) is 27.9 Å². The van der Waals surface area contributed by atoms with Crippen LogP contribution in [0.2, 0.25) is 10.0 Å². The Labute approximate surface area is 227 Å². The molecule has 0 heterocycles. The van der Waals surface area contributed by atoms with Crippen molar-refractivity contribution >= 4 is 63.5 Å². The highest BCUT2D eigenvalue weighted by molar-refractivity contribution is 14.1. The first-order chi connectivity index (χ1) is 16.9. The van der Waals surface area contributed by atoms with Gasteiger partial charge in [-0.25, -0.2) is 0 Å². The number of carbonyl (C=O) groups excluding carboxylic acids is 1. The van der Waals surface area contributed by atoms with E-state index in [0.29, 0.717) is 45.2 Å². The van der Waals surface area contributed by atoms with Crippen molar-refractivity contribution in [3.8, 4) is 23.3 Å². The minimum Gasteiger partial charge on any atom is -0.495 e. The van der Waals surface area contributed by atoms with Gasteiger partial charge in [-0.3, -0.25) is 4.79 Å². The summed E-state index contributed by atoms with van der Waals surface area (Å²) in [5.74, 6) is 0.987. The molecule has 0 radical (unpaired) electrons. The lowest BCUT2D eigenvalue weighted by Crippen LogP contribution is -2.14. The lowest BCUT2D eigenvalue weighted by molar-refractivity contribution is -0.112. The third-order valence-electron chi connectivity index (χ3n) is 4.73. The number of methoxy groups -OCH3 is 1. The summed E-state index contributed by atoms with van der Waals surface area (Å²) in [6.45, 7) is 2.53. The van der Waals surface area contributed by atoms with Crippen molar-refractivity contribution in [2.75, 3.05) is 19.0 Å². The molecule has 1 amide bonds. The number of hydrogen-bond acceptors (Lipinski definition) is 5. The molecule has 180 valence electrons. The van der Waals surface area contributed by atoms with Crippen LogP contribution in [0.15, 0.2) is 60.2 Å². The van der Waals surface area contributed by atoms with Crippen molar-refractivity contribution in [3.05, 3.63) is 84.9 Å². The number of anilines is 1. The van der Waals surface area contributed by atoms with Gasteiger partial charge in [0.25, 0.3) is 5.91 Å². The summed E-state index contributed by atoms with van der Waals surface area (Å²) < 4.78 is 17.8. The predicted octanol–water partition coefficient (Wildman–Crippen LogP) is 7.13. The molecular weight excluding hydrogens is 602 g/mol. The van der Waals surface area contributed by atoms with E-state index < -0.39 is 5.91 Å². The van der Waals surface area contributed by atoms with Crippen molar-refractivity contribution in [1.29, 1.82) is 5.26 Å². The Morgan fingerprint density at radius 2 is 1.86 bits per heavy atom.